The maximum Gasteiger partial charge on any atom is 0.182 e. The van der Waals surface area contributed by atoms with E-state index in [1.807, 2.05) is 6.07 Å². The van der Waals surface area contributed by atoms with Gasteiger partial charge in [-0.1, -0.05) is 30.3 Å². The van der Waals surface area contributed by atoms with Crippen LogP contribution in [0.25, 0.3) is 0 Å². The third kappa shape index (κ3) is 4.33. The standard InChI is InChI=1S/C16H18O4S2/c1-21(18)13-7-5-6-12(10-13)11-20-16(17)14-8-3-4-9-15(14)22(2)19/h3-10,16-17H,11H2,1-2H3. The van der Waals surface area contributed by atoms with E-state index in [0.717, 1.165) is 5.56 Å². The Morgan fingerprint density at radius 2 is 1.77 bits per heavy atom. The van der Waals surface area contributed by atoms with Gasteiger partial charge in [-0.25, -0.2) is 0 Å². The van der Waals surface area contributed by atoms with Gasteiger partial charge < -0.3 is 9.84 Å². The van der Waals surface area contributed by atoms with Crippen molar-refractivity contribution in [2.45, 2.75) is 22.7 Å². The summed E-state index contributed by atoms with van der Waals surface area (Å²) >= 11 is 0. The largest absolute Gasteiger partial charge is 0.364 e. The average molecular weight is 338 g/mol. The molecule has 0 radical (unpaired) electrons. The van der Waals surface area contributed by atoms with Gasteiger partial charge in [0.15, 0.2) is 6.29 Å². The van der Waals surface area contributed by atoms with Crippen LogP contribution in [-0.4, -0.2) is 26.0 Å². The summed E-state index contributed by atoms with van der Waals surface area (Å²) in [5, 5.41) is 10.2. The molecule has 118 valence electrons. The van der Waals surface area contributed by atoms with E-state index in [-0.39, 0.29) is 6.61 Å². The predicted octanol–water partition coefficient (Wildman–Crippen LogP) is 2.37. The summed E-state index contributed by atoms with van der Waals surface area (Å²) in [7, 11) is -2.26. The minimum Gasteiger partial charge on any atom is -0.364 e. The van der Waals surface area contributed by atoms with Crippen molar-refractivity contribution in [1.29, 1.82) is 0 Å². The summed E-state index contributed by atoms with van der Waals surface area (Å²) < 4.78 is 28.6. The Kier molecular flexibility index (Phi) is 6.02. The minimum atomic E-state index is -1.20. The van der Waals surface area contributed by atoms with Gasteiger partial charge in [0.2, 0.25) is 0 Å². The molecule has 0 aliphatic carbocycles. The van der Waals surface area contributed by atoms with Crippen molar-refractivity contribution in [3.8, 4) is 0 Å². The number of hydrogen-bond acceptors (Lipinski definition) is 4. The second-order valence-corrected chi connectivity index (χ2v) is 7.48. The first-order valence-electron chi connectivity index (χ1n) is 6.63. The van der Waals surface area contributed by atoms with E-state index in [9.17, 15) is 13.5 Å². The van der Waals surface area contributed by atoms with E-state index in [2.05, 4.69) is 0 Å². The second kappa shape index (κ2) is 7.78. The zero-order valence-electron chi connectivity index (χ0n) is 12.4. The van der Waals surface area contributed by atoms with Crippen molar-refractivity contribution in [2.24, 2.45) is 0 Å². The van der Waals surface area contributed by atoms with E-state index in [1.165, 1.54) is 0 Å². The molecule has 0 amide bonds. The van der Waals surface area contributed by atoms with Crippen LogP contribution in [0.1, 0.15) is 17.4 Å². The third-order valence-electron chi connectivity index (χ3n) is 3.13. The van der Waals surface area contributed by atoms with Crippen LogP contribution in [0.15, 0.2) is 58.3 Å². The van der Waals surface area contributed by atoms with Crippen LogP contribution in [0.2, 0.25) is 0 Å². The van der Waals surface area contributed by atoms with Crippen molar-refractivity contribution in [3.63, 3.8) is 0 Å². The van der Waals surface area contributed by atoms with Crippen LogP contribution >= 0.6 is 0 Å². The molecule has 0 aromatic heterocycles. The lowest BCUT2D eigenvalue weighted by Crippen LogP contribution is -2.07. The molecule has 0 aliphatic heterocycles. The van der Waals surface area contributed by atoms with Crippen molar-refractivity contribution < 1.29 is 18.3 Å². The summed E-state index contributed by atoms with van der Waals surface area (Å²) in [5.41, 5.74) is 1.32. The molecule has 2 rings (SSSR count). The molecule has 0 bridgehead atoms. The molecule has 6 heteroatoms. The number of aliphatic hydroxyl groups excluding tert-OH is 1. The number of aliphatic hydroxyl groups is 1. The first kappa shape index (κ1) is 17.0. The Hall–Kier alpha value is -1.34. The molecule has 0 heterocycles. The molecular weight excluding hydrogens is 320 g/mol. The second-order valence-electron chi connectivity index (χ2n) is 4.76. The minimum absolute atomic E-state index is 0.177. The van der Waals surface area contributed by atoms with Gasteiger partial charge in [0.25, 0.3) is 0 Å². The normalized spacial score (nSPS) is 15.2. The molecule has 0 fully saturated rings. The number of hydrogen-bond donors (Lipinski definition) is 1. The molecule has 1 N–H and O–H groups in total. The molecular formula is C16H18O4S2. The smallest absolute Gasteiger partial charge is 0.182 e. The summed E-state index contributed by atoms with van der Waals surface area (Å²) in [6, 6.07) is 14.1. The molecule has 3 unspecified atom stereocenters. The molecule has 0 saturated carbocycles. The predicted molar refractivity (Wildman–Crippen MR) is 87.3 cm³/mol. The highest BCUT2D eigenvalue weighted by atomic mass is 32.2. The van der Waals surface area contributed by atoms with Gasteiger partial charge >= 0.3 is 0 Å². The fourth-order valence-corrected chi connectivity index (χ4v) is 3.38. The van der Waals surface area contributed by atoms with Gasteiger partial charge in [0.05, 0.1) is 17.4 Å². The Labute approximate surface area is 135 Å². The van der Waals surface area contributed by atoms with Crippen LogP contribution in [0.3, 0.4) is 0 Å². The Balaban J connectivity index is 2.10. The Morgan fingerprint density at radius 3 is 2.45 bits per heavy atom. The summed E-state index contributed by atoms with van der Waals surface area (Å²) in [6.45, 7) is 0.177. The molecule has 22 heavy (non-hydrogen) atoms. The van der Waals surface area contributed by atoms with Crippen molar-refractivity contribution in [1.82, 2.24) is 0 Å². The van der Waals surface area contributed by atoms with Crippen LogP contribution in [0.4, 0.5) is 0 Å². The highest BCUT2D eigenvalue weighted by Gasteiger charge is 2.14. The number of benzene rings is 2. The van der Waals surface area contributed by atoms with E-state index in [0.29, 0.717) is 15.4 Å². The van der Waals surface area contributed by atoms with E-state index < -0.39 is 27.9 Å². The lowest BCUT2D eigenvalue weighted by Gasteiger charge is -2.15. The molecule has 0 saturated heterocycles. The van der Waals surface area contributed by atoms with Crippen LogP contribution in [0, 0.1) is 0 Å². The fourth-order valence-electron chi connectivity index (χ4n) is 2.03. The summed E-state index contributed by atoms with van der Waals surface area (Å²) in [4.78, 5) is 1.27. The lowest BCUT2D eigenvalue weighted by atomic mass is 10.2. The van der Waals surface area contributed by atoms with E-state index in [4.69, 9.17) is 4.74 Å². The highest BCUT2D eigenvalue weighted by Crippen LogP contribution is 2.23. The summed E-state index contributed by atoms with van der Waals surface area (Å²) in [6.07, 6.45) is 2.02. The van der Waals surface area contributed by atoms with Gasteiger partial charge in [-0.05, 0) is 23.8 Å². The monoisotopic (exact) mass is 338 g/mol. The molecule has 4 nitrogen and oxygen atoms in total. The lowest BCUT2D eigenvalue weighted by molar-refractivity contribution is -0.113. The van der Waals surface area contributed by atoms with Gasteiger partial charge in [-0.2, -0.15) is 0 Å². The SMILES string of the molecule is CS(=O)c1cccc(COC(O)c2ccccc2S(C)=O)c1. The van der Waals surface area contributed by atoms with Crippen molar-refractivity contribution in [3.05, 3.63) is 59.7 Å². The van der Waals surface area contributed by atoms with Gasteiger partial charge in [-0.3, -0.25) is 8.42 Å². The number of ether oxygens (including phenoxy) is 1. The fraction of sp³-hybridized carbons (Fsp3) is 0.250. The van der Waals surface area contributed by atoms with Crippen LogP contribution in [-0.2, 0) is 32.9 Å². The van der Waals surface area contributed by atoms with Crippen molar-refractivity contribution in [2.75, 3.05) is 12.5 Å². The topological polar surface area (TPSA) is 63.6 Å². The molecule has 3 atom stereocenters. The van der Waals surface area contributed by atoms with Gasteiger partial charge in [0.1, 0.15) is 0 Å². The Bertz CT molecular complexity index is 700. The van der Waals surface area contributed by atoms with Crippen molar-refractivity contribution >= 4 is 21.6 Å². The number of rotatable bonds is 6. The molecule has 0 spiro atoms. The molecule has 2 aromatic carbocycles. The van der Waals surface area contributed by atoms with Crippen LogP contribution < -0.4 is 0 Å². The third-order valence-corrected chi connectivity index (χ3v) is 5.04. The highest BCUT2D eigenvalue weighted by molar-refractivity contribution is 7.84. The van der Waals surface area contributed by atoms with Gasteiger partial charge in [0, 0.05) is 38.7 Å². The van der Waals surface area contributed by atoms with E-state index >= 15 is 0 Å². The molecule has 0 aliphatic rings. The quantitative estimate of drug-likeness (QED) is 0.822. The summed E-state index contributed by atoms with van der Waals surface area (Å²) in [5.74, 6) is 0. The maximum atomic E-state index is 11.7. The van der Waals surface area contributed by atoms with Crippen LogP contribution in [0.5, 0.6) is 0 Å². The first-order chi connectivity index (χ1) is 10.5. The zero-order chi connectivity index (χ0) is 16.1. The van der Waals surface area contributed by atoms with Gasteiger partial charge in [-0.15, -0.1) is 0 Å². The first-order valence-corrected chi connectivity index (χ1v) is 9.75. The maximum absolute atomic E-state index is 11.7. The zero-order valence-corrected chi connectivity index (χ0v) is 14.0. The average Bonchev–Trinajstić information content (AvgIpc) is 2.52. The molecule has 2 aromatic rings. The Morgan fingerprint density at radius 1 is 1.05 bits per heavy atom. The van der Waals surface area contributed by atoms with E-state index in [1.54, 1.807) is 55.0 Å².